The SMILES string of the molecule is CC(NS(=O)(=O)C1CC1)c1ccc(-c2noc(C(F)(F)F)n2)cc1. The lowest BCUT2D eigenvalue weighted by Crippen LogP contribution is -2.29. The Morgan fingerprint density at radius 3 is 2.38 bits per heavy atom. The number of benzene rings is 1. The van der Waals surface area contributed by atoms with Crippen molar-refractivity contribution < 1.29 is 26.1 Å². The maximum Gasteiger partial charge on any atom is 0.471 e. The lowest BCUT2D eigenvalue weighted by Gasteiger charge is -2.14. The molecule has 1 aliphatic carbocycles. The number of alkyl halides is 3. The molecule has 0 amide bonds. The Bertz CT molecular complexity index is 827. The van der Waals surface area contributed by atoms with Crippen molar-refractivity contribution in [1.82, 2.24) is 14.9 Å². The van der Waals surface area contributed by atoms with Gasteiger partial charge in [0, 0.05) is 11.6 Å². The highest BCUT2D eigenvalue weighted by atomic mass is 32.2. The van der Waals surface area contributed by atoms with Crippen molar-refractivity contribution in [1.29, 1.82) is 0 Å². The van der Waals surface area contributed by atoms with E-state index in [2.05, 4.69) is 19.4 Å². The molecule has 0 saturated heterocycles. The topological polar surface area (TPSA) is 85.1 Å². The van der Waals surface area contributed by atoms with Crippen molar-refractivity contribution in [2.24, 2.45) is 0 Å². The van der Waals surface area contributed by atoms with Crippen LogP contribution in [0, 0.1) is 0 Å². The Hall–Kier alpha value is -1.94. The molecule has 1 fully saturated rings. The number of hydrogen-bond acceptors (Lipinski definition) is 5. The maximum absolute atomic E-state index is 12.5. The highest BCUT2D eigenvalue weighted by molar-refractivity contribution is 7.90. The van der Waals surface area contributed by atoms with Gasteiger partial charge in [0.15, 0.2) is 0 Å². The summed E-state index contributed by atoms with van der Waals surface area (Å²) in [6.07, 6.45) is -3.36. The zero-order valence-corrected chi connectivity index (χ0v) is 13.4. The summed E-state index contributed by atoms with van der Waals surface area (Å²) in [6, 6.07) is 5.81. The van der Waals surface area contributed by atoms with Crippen LogP contribution in [0.25, 0.3) is 11.4 Å². The van der Waals surface area contributed by atoms with Crippen LogP contribution in [0.1, 0.15) is 37.3 Å². The quantitative estimate of drug-likeness (QED) is 0.885. The van der Waals surface area contributed by atoms with Crippen LogP contribution in [-0.2, 0) is 16.2 Å². The van der Waals surface area contributed by atoms with E-state index in [1.807, 2.05) is 0 Å². The Balaban J connectivity index is 1.74. The van der Waals surface area contributed by atoms with Crippen molar-refractivity contribution >= 4 is 10.0 Å². The van der Waals surface area contributed by atoms with Crippen LogP contribution in [0.15, 0.2) is 28.8 Å². The van der Waals surface area contributed by atoms with Crippen molar-refractivity contribution in [3.8, 4) is 11.4 Å². The number of nitrogens with zero attached hydrogens (tertiary/aromatic N) is 2. The van der Waals surface area contributed by atoms with Crippen LogP contribution < -0.4 is 4.72 Å². The minimum absolute atomic E-state index is 0.180. The van der Waals surface area contributed by atoms with E-state index in [9.17, 15) is 21.6 Å². The lowest BCUT2D eigenvalue weighted by atomic mass is 10.1. The van der Waals surface area contributed by atoms with Gasteiger partial charge in [-0.15, -0.1) is 0 Å². The molecule has 130 valence electrons. The number of aromatic nitrogens is 2. The van der Waals surface area contributed by atoms with Crippen LogP contribution in [0.2, 0.25) is 0 Å². The van der Waals surface area contributed by atoms with E-state index in [0.717, 1.165) is 0 Å². The fourth-order valence-electron chi connectivity index (χ4n) is 2.17. The minimum Gasteiger partial charge on any atom is -0.329 e. The van der Waals surface area contributed by atoms with Crippen molar-refractivity contribution in [2.75, 3.05) is 0 Å². The highest BCUT2D eigenvalue weighted by Crippen LogP contribution is 2.31. The second-order valence-electron chi connectivity index (χ2n) is 5.63. The van der Waals surface area contributed by atoms with Crippen molar-refractivity contribution in [3.05, 3.63) is 35.7 Å². The average molecular weight is 361 g/mol. The Morgan fingerprint density at radius 1 is 1.25 bits per heavy atom. The molecule has 1 aromatic heterocycles. The number of halogens is 3. The first-order valence-corrected chi connectivity index (χ1v) is 8.74. The normalized spacial score (nSPS) is 17.0. The van der Waals surface area contributed by atoms with Gasteiger partial charge in [0.05, 0.1) is 5.25 Å². The number of sulfonamides is 1. The summed E-state index contributed by atoms with van der Waals surface area (Å²) in [5, 5.41) is 2.98. The summed E-state index contributed by atoms with van der Waals surface area (Å²) in [7, 11) is -3.32. The molecule has 3 rings (SSSR count). The molecule has 0 aliphatic heterocycles. The molecule has 1 heterocycles. The monoisotopic (exact) mass is 361 g/mol. The molecule has 1 N–H and O–H groups in total. The van der Waals surface area contributed by atoms with E-state index in [0.29, 0.717) is 24.0 Å². The van der Waals surface area contributed by atoms with Crippen LogP contribution in [0.5, 0.6) is 0 Å². The van der Waals surface area contributed by atoms with Crippen LogP contribution in [0.4, 0.5) is 13.2 Å². The molecule has 0 spiro atoms. The summed E-state index contributed by atoms with van der Waals surface area (Å²) >= 11 is 0. The number of nitrogens with one attached hydrogen (secondary N) is 1. The van der Waals surface area contributed by atoms with Crippen molar-refractivity contribution in [3.63, 3.8) is 0 Å². The molecule has 0 bridgehead atoms. The second kappa shape index (κ2) is 5.85. The Morgan fingerprint density at radius 2 is 1.88 bits per heavy atom. The summed E-state index contributed by atoms with van der Waals surface area (Å²) in [5.74, 6) is -1.59. The van der Waals surface area contributed by atoms with Gasteiger partial charge in [-0.3, -0.25) is 0 Å². The summed E-state index contributed by atoms with van der Waals surface area (Å²) in [6.45, 7) is 1.70. The van der Waals surface area contributed by atoms with Gasteiger partial charge < -0.3 is 4.52 Å². The third-order valence-electron chi connectivity index (χ3n) is 3.64. The molecule has 1 atom stereocenters. The number of hydrogen-bond donors (Lipinski definition) is 1. The van der Waals surface area contributed by atoms with E-state index in [1.165, 1.54) is 12.1 Å². The van der Waals surface area contributed by atoms with Gasteiger partial charge in [-0.1, -0.05) is 29.4 Å². The molecular weight excluding hydrogens is 347 g/mol. The fraction of sp³-hybridized carbons (Fsp3) is 0.429. The van der Waals surface area contributed by atoms with Gasteiger partial charge in [0.25, 0.3) is 0 Å². The second-order valence-corrected chi connectivity index (χ2v) is 7.62. The highest BCUT2D eigenvalue weighted by Gasteiger charge is 2.38. The van der Waals surface area contributed by atoms with Crippen molar-refractivity contribution in [2.45, 2.75) is 37.2 Å². The van der Waals surface area contributed by atoms with E-state index in [1.54, 1.807) is 19.1 Å². The van der Waals surface area contributed by atoms with Gasteiger partial charge in [-0.2, -0.15) is 18.2 Å². The predicted molar refractivity (Wildman–Crippen MR) is 78.2 cm³/mol. The summed E-state index contributed by atoms with van der Waals surface area (Å²) < 4.78 is 68.0. The smallest absolute Gasteiger partial charge is 0.329 e. The fourth-order valence-corrected chi connectivity index (χ4v) is 3.74. The minimum atomic E-state index is -4.69. The Labute approximate surface area is 136 Å². The van der Waals surface area contributed by atoms with Crippen LogP contribution in [-0.4, -0.2) is 23.8 Å². The first-order valence-electron chi connectivity index (χ1n) is 7.19. The predicted octanol–water partition coefficient (Wildman–Crippen LogP) is 2.90. The third-order valence-corrected chi connectivity index (χ3v) is 5.67. The molecule has 2 aromatic rings. The van der Waals surface area contributed by atoms with Gasteiger partial charge in [0.1, 0.15) is 0 Å². The lowest BCUT2D eigenvalue weighted by molar-refractivity contribution is -0.159. The van der Waals surface area contributed by atoms with Crippen LogP contribution in [0.3, 0.4) is 0 Å². The van der Waals surface area contributed by atoms with Crippen LogP contribution >= 0.6 is 0 Å². The average Bonchev–Trinajstić information content (AvgIpc) is 3.24. The molecule has 10 heteroatoms. The first-order chi connectivity index (χ1) is 11.2. The molecule has 1 aromatic carbocycles. The van der Waals surface area contributed by atoms with E-state index in [4.69, 9.17) is 0 Å². The first kappa shape index (κ1) is 16.9. The molecule has 1 saturated carbocycles. The number of rotatable bonds is 5. The zero-order valence-electron chi connectivity index (χ0n) is 12.5. The van der Waals surface area contributed by atoms with E-state index < -0.39 is 28.1 Å². The van der Waals surface area contributed by atoms with E-state index in [-0.39, 0.29) is 11.1 Å². The molecular formula is C14H14F3N3O3S. The largest absolute Gasteiger partial charge is 0.471 e. The summed E-state index contributed by atoms with van der Waals surface area (Å²) in [5.41, 5.74) is 1.03. The van der Waals surface area contributed by atoms with Gasteiger partial charge in [0.2, 0.25) is 15.8 Å². The van der Waals surface area contributed by atoms with Gasteiger partial charge in [-0.05, 0) is 25.3 Å². The van der Waals surface area contributed by atoms with E-state index >= 15 is 0 Å². The molecule has 6 nitrogen and oxygen atoms in total. The maximum atomic E-state index is 12.5. The summed E-state index contributed by atoms with van der Waals surface area (Å²) in [4.78, 5) is 3.30. The molecule has 0 radical (unpaired) electrons. The van der Waals surface area contributed by atoms with Gasteiger partial charge in [-0.25, -0.2) is 13.1 Å². The standard InChI is InChI=1S/C14H14F3N3O3S/c1-8(20-24(21,22)11-6-7-11)9-2-4-10(5-3-9)12-18-13(23-19-12)14(15,16)17/h2-5,8,11,20H,6-7H2,1H3. The molecule has 1 aliphatic rings. The third kappa shape index (κ3) is 3.59. The Kier molecular flexibility index (Phi) is 4.12. The molecule has 1 unspecified atom stereocenters. The zero-order chi connectivity index (χ0) is 17.5. The van der Waals surface area contributed by atoms with Gasteiger partial charge >= 0.3 is 12.1 Å². The molecule has 24 heavy (non-hydrogen) atoms.